The van der Waals surface area contributed by atoms with Gasteiger partial charge in [0, 0.05) is 24.7 Å². The zero-order valence-electron chi connectivity index (χ0n) is 13.6. The molecule has 0 aliphatic carbocycles. The van der Waals surface area contributed by atoms with Crippen LogP contribution in [0.5, 0.6) is 0 Å². The highest BCUT2D eigenvalue weighted by atomic mass is 15.2. The average Bonchev–Trinajstić information content (AvgIpc) is 2.36. The summed E-state index contributed by atoms with van der Waals surface area (Å²) in [5.41, 5.74) is 0. The highest BCUT2D eigenvalue weighted by Crippen LogP contribution is 2.10. The van der Waals surface area contributed by atoms with E-state index in [1.165, 1.54) is 38.6 Å². The molecule has 2 nitrogen and oxygen atoms in total. The Morgan fingerprint density at radius 2 is 1.61 bits per heavy atom. The standard InChI is InChI=1S/C16H36N2/c1-7-10-12-18(15(5)9-3)16(6)13-17-14(4)11-8-2/h14-17H,7-13H2,1-6H3. The summed E-state index contributed by atoms with van der Waals surface area (Å²) in [7, 11) is 0. The largest absolute Gasteiger partial charge is 0.313 e. The van der Waals surface area contributed by atoms with E-state index in [-0.39, 0.29) is 0 Å². The van der Waals surface area contributed by atoms with Crippen molar-refractivity contribution in [1.29, 1.82) is 0 Å². The number of unbranched alkanes of at least 4 members (excludes halogenated alkanes) is 1. The van der Waals surface area contributed by atoms with Crippen molar-refractivity contribution < 1.29 is 0 Å². The molecule has 0 bridgehead atoms. The van der Waals surface area contributed by atoms with Crippen molar-refractivity contribution >= 4 is 0 Å². The topological polar surface area (TPSA) is 15.3 Å². The third kappa shape index (κ3) is 7.38. The van der Waals surface area contributed by atoms with Crippen LogP contribution in [-0.4, -0.2) is 36.1 Å². The lowest BCUT2D eigenvalue weighted by Gasteiger charge is -2.35. The van der Waals surface area contributed by atoms with E-state index in [1.54, 1.807) is 0 Å². The predicted octanol–water partition coefficient (Wildman–Crippen LogP) is 4.05. The number of nitrogens with one attached hydrogen (secondary N) is 1. The molecule has 3 atom stereocenters. The van der Waals surface area contributed by atoms with Crippen molar-refractivity contribution in [1.82, 2.24) is 10.2 Å². The molecule has 0 radical (unpaired) electrons. The Bertz CT molecular complexity index is 182. The van der Waals surface area contributed by atoms with Crippen LogP contribution in [0, 0.1) is 0 Å². The van der Waals surface area contributed by atoms with Gasteiger partial charge in [0.05, 0.1) is 0 Å². The first-order valence-corrected chi connectivity index (χ1v) is 8.05. The molecule has 0 aromatic rings. The van der Waals surface area contributed by atoms with E-state index >= 15 is 0 Å². The SMILES string of the molecule is CCCCN(C(C)CC)C(C)CNC(C)CCC. The predicted molar refractivity (Wildman–Crippen MR) is 83.2 cm³/mol. The van der Waals surface area contributed by atoms with Crippen molar-refractivity contribution in [2.75, 3.05) is 13.1 Å². The molecule has 0 spiro atoms. The molecule has 0 aromatic heterocycles. The molecule has 0 amide bonds. The zero-order chi connectivity index (χ0) is 14.0. The van der Waals surface area contributed by atoms with Gasteiger partial charge in [-0.3, -0.25) is 4.90 Å². The van der Waals surface area contributed by atoms with Crippen LogP contribution in [0.2, 0.25) is 0 Å². The van der Waals surface area contributed by atoms with Crippen LogP contribution in [0.1, 0.15) is 73.6 Å². The Kier molecular flexibility index (Phi) is 10.8. The lowest BCUT2D eigenvalue weighted by atomic mass is 10.1. The van der Waals surface area contributed by atoms with Crippen LogP contribution < -0.4 is 5.32 Å². The zero-order valence-corrected chi connectivity index (χ0v) is 13.6. The van der Waals surface area contributed by atoms with Gasteiger partial charge in [0.25, 0.3) is 0 Å². The molecule has 0 aromatic carbocycles. The average molecular weight is 256 g/mol. The van der Waals surface area contributed by atoms with Crippen molar-refractivity contribution in [2.24, 2.45) is 0 Å². The number of hydrogen-bond acceptors (Lipinski definition) is 2. The van der Waals surface area contributed by atoms with Crippen LogP contribution in [-0.2, 0) is 0 Å². The maximum atomic E-state index is 3.68. The van der Waals surface area contributed by atoms with Crippen LogP contribution in [0.4, 0.5) is 0 Å². The Hall–Kier alpha value is -0.0800. The normalized spacial score (nSPS) is 16.8. The van der Waals surface area contributed by atoms with Gasteiger partial charge in [0.2, 0.25) is 0 Å². The summed E-state index contributed by atoms with van der Waals surface area (Å²) in [5.74, 6) is 0. The maximum absolute atomic E-state index is 3.68. The Morgan fingerprint density at radius 3 is 2.11 bits per heavy atom. The van der Waals surface area contributed by atoms with Crippen LogP contribution in [0.25, 0.3) is 0 Å². The van der Waals surface area contributed by atoms with Crippen molar-refractivity contribution in [2.45, 2.75) is 91.8 Å². The molecular weight excluding hydrogens is 220 g/mol. The van der Waals surface area contributed by atoms with Gasteiger partial charge in [0.15, 0.2) is 0 Å². The number of hydrogen-bond donors (Lipinski definition) is 1. The summed E-state index contributed by atoms with van der Waals surface area (Å²) in [5, 5.41) is 3.68. The van der Waals surface area contributed by atoms with Crippen molar-refractivity contribution in [3.63, 3.8) is 0 Å². The fraction of sp³-hybridized carbons (Fsp3) is 1.00. The van der Waals surface area contributed by atoms with Crippen LogP contribution in [0.3, 0.4) is 0 Å². The Balaban J connectivity index is 4.14. The van der Waals surface area contributed by atoms with Gasteiger partial charge in [-0.15, -0.1) is 0 Å². The minimum atomic E-state index is 0.644. The van der Waals surface area contributed by atoms with Crippen LogP contribution in [0.15, 0.2) is 0 Å². The van der Waals surface area contributed by atoms with Gasteiger partial charge < -0.3 is 5.32 Å². The third-order valence-corrected chi connectivity index (χ3v) is 3.98. The van der Waals surface area contributed by atoms with Gasteiger partial charge in [-0.05, 0) is 46.6 Å². The first-order valence-electron chi connectivity index (χ1n) is 8.05. The Morgan fingerprint density at radius 1 is 0.944 bits per heavy atom. The van der Waals surface area contributed by atoms with E-state index in [2.05, 4.69) is 51.8 Å². The lowest BCUT2D eigenvalue weighted by Crippen LogP contribution is -2.47. The molecule has 0 heterocycles. The van der Waals surface area contributed by atoms with Gasteiger partial charge >= 0.3 is 0 Å². The van der Waals surface area contributed by atoms with Gasteiger partial charge in [0.1, 0.15) is 0 Å². The highest BCUT2D eigenvalue weighted by Gasteiger charge is 2.18. The van der Waals surface area contributed by atoms with E-state index in [4.69, 9.17) is 0 Å². The van der Waals surface area contributed by atoms with E-state index in [9.17, 15) is 0 Å². The molecule has 0 saturated heterocycles. The maximum Gasteiger partial charge on any atom is 0.0195 e. The highest BCUT2D eigenvalue weighted by molar-refractivity contribution is 4.76. The molecular formula is C16H36N2. The molecule has 2 heteroatoms. The van der Waals surface area contributed by atoms with Gasteiger partial charge in [-0.25, -0.2) is 0 Å². The van der Waals surface area contributed by atoms with E-state index < -0.39 is 0 Å². The first kappa shape index (κ1) is 17.9. The molecule has 110 valence electrons. The summed E-state index contributed by atoms with van der Waals surface area (Å²) in [6, 6.07) is 2.00. The molecule has 18 heavy (non-hydrogen) atoms. The lowest BCUT2D eigenvalue weighted by molar-refractivity contribution is 0.142. The molecule has 0 rings (SSSR count). The first-order chi connectivity index (χ1) is 8.56. The van der Waals surface area contributed by atoms with E-state index in [1.807, 2.05) is 0 Å². The second kappa shape index (κ2) is 10.8. The van der Waals surface area contributed by atoms with Gasteiger partial charge in [-0.2, -0.15) is 0 Å². The van der Waals surface area contributed by atoms with Crippen LogP contribution >= 0.6 is 0 Å². The fourth-order valence-electron chi connectivity index (χ4n) is 2.47. The fourth-order valence-corrected chi connectivity index (χ4v) is 2.47. The molecule has 3 unspecified atom stereocenters. The summed E-state index contributed by atoms with van der Waals surface area (Å²) in [4.78, 5) is 2.68. The number of nitrogens with zero attached hydrogens (tertiary/aromatic N) is 1. The minimum Gasteiger partial charge on any atom is -0.313 e. The molecule has 0 aliphatic rings. The molecule has 0 saturated carbocycles. The summed E-state index contributed by atoms with van der Waals surface area (Å²) >= 11 is 0. The monoisotopic (exact) mass is 256 g/mol. The summed E-state index contributed by atoms with van der Waals surface area (Å²) in [6.07, 6.45) is 6.41. The Labute approximate surface area is 116 Å². The third-order valence-electron chi connectivity index (χ3n) is 3.98. The van der Waals surface area contributed by atoms with Crippen molar-refractivity contribution in [3.8, 4) is 0 Å². The summed E-state index contributed by atoms with van der Waals surface area (Å²) < 4.78 is 0. The second-order valence-corrected chi connectivity index (χ2v) is 5.80. The smallest absolute Gasteiger partial charge is 0.0195 e. The van der Waals surface area contributed by atoms with Crippen molar-refractivity contribution in [3.05, 3.63) is 0 Å². The molecule has 0 fully saturated rings. The second-order valence-electron chi connectivity index (χ2n) is 5.80. The van der Waals surface area contributed by atoms with Gasteiger partial charge in [-0.1, -0.05) is 33.6 Å². The number of rotatable bonds is 11. The van der Waals surface area contributed by atoms with E-state index in [0.29, 0.717) is 18.1 Å². The minimum absolute atomic E-state index is 0.644. The van der Waals surface area contributed by atoms with E-state index in [0.717, 1.165) is 6.54 Å². The summed E-state index contributed by atoms with van der Waals surface area (Å²) in [6.45, 7) is 16.2. The molecule has 1 N–H and O–H groups in total. The molecule has 0 aliphatic heterocycles. The quantitative estimate of drug-likeness (QED) is 0.600.